The summed E-state index contributed by atoms with van der Waals surface area (Å²) in [6.07, 6.45) is 1.37. The molecule has 0 aliphatic heterocycles. The summed E-state index contributed by atoms with van der Waals surface area (Å²) in [5.74, 6) is -1.09. The Morgan fingerprint density at radius 3 is 2.55 bits per heavy atom. The first-order valence-corrected chi connectivity index (χ1v) is 10.2. The molecule has 3 aromatic carbocycles. The van der Waals surface area contributed by atoms with Crippen molar-refractivity contribution in [2.75, 3.05) is 13.7 Å². The van der Waals surface area contributed by atoms with Gasteiger partial charge in [0.25, 0.3) is 5.91 Å². The quantitative estimate of drug-likeness (QED) is 0.210. The van der Waals surface area contributed by atoms with E-state index in [1.807, 2.05) is 0 Å². The minimum Gasteiger partial charge on any atom is -0.493 e. The zero-order valence-electron chi connectivity index (χ0n) is 17.2. The molecule has 0 radical (unpaired) electrons. The SMILES string of the molecule is COc1cc(/C=N/NC(=O)COc2ccc(Cl)cc2Cl)ccc1OC(=O)c1cccc(F)c1. The van der Waals surface area contributed by atoms with Crippen molar-refractivity contribution in [3.05, 3.63) is 87.7 Å². The van der Waals surface area contributed by atoms with Gasteiger partial charge in [-0.1, -0.05) is 29.3 Å². The van der Waals surface area contributed by atoms with Crippen LogP contribution in [0.4, 0.5) is 4.39 Å². The maximum Gasteiger partial charge on any atom is 0.343 e. The number of nitrogens with zero attached hydrogens (tertiary/aromatic N) is 1. The Morgan fingerprint density at radius 1 is 1.03 bits per heavy atom. The first-order chi connectivity index (χ1) is 15.9. The molecule has 0 aliphatic carbocycles. The lowest BCUT2D eigenvalue weighted by Crippen LogP contribution is -2.24. The van der Waals surface area contributed by atoms with Crippen LogP contribution in [0, 0.1) is 5.82 Å². The van der Waals surface area contributed by atoms with Gasteiger partial charge >= 0.3 is 5.97 Å². The molecular weight excluding hydrogens is 474 g/mol. The highest BCUT2D eigenvalue weighted by Crippen LogP contribution is 2.29. The summed E-state index contributed by atoms with van der Waals surface area (Å²) < 4.78 is 29.2. The van der Waals surface area contributed by atoms with Crippen LogP contribution in [0.1, 0.15) is 15.9 Å². The molecule has 0 bridgehead atoms. The lowest BCUT2D eigenvalue weighted by molar-refractivity contribution is -0.123. The molecule has 7 nitrogen and oxygen atoms in total. The summed E-state index contributed by atoms with van der Waals surface area (Å²) in [7, 11) is 1.40. The maximum atomic E-state index is 13.3. The van der Waals surface area contributed by atoms with E-state index in [0.717, 1.165) is 6.07 Å². The van der Waals surface area contributed by atoms with Crippen LogP contribution in [0.5, 0.6) is 17.2 Å². The van der Waals surface area contributed by atoms with Crippen molar-refractivity contribution in [3.8, 4) is 17.2 Å². The summed E-state index contributed by atoms with van der Waals surface area (Å²) >= 11 is 11.8. The third kappa shape index (κ3) is 6.93. The van der Waals surface area contributed by atoms with Crippen LogP contribution >= 0.6 is 23.2 Å². The average molecular weight is 491 g/mol. The summed E-state index contributed by atoms with van der Waals surface area (Å²) in [6.45, 7) is -0.309. The van der Waals surface area contributed by atoms with Crippen LogP contribution in [-0.2, 0) is 4.79 Å². The van der Waals surface area contributed by atoms with Gasteiger partial charge < -0.3 is 14.2 Å². The van der Waals surface area contributed by atoms with Gasteiger partial charge in [0, 0.05) is 5.02 Å². The van der Waals surface area contributed by atoms with Gasteiger partial charge in [-0.05, 0) is 60.2 Å². The third-order valence-electron chi connectivity index (χ3n) is 4.11. The molecule has 0 heterocycles. The number of halogens is 3. The van der Waals surface area contributed by atoms with Gasteiger partial charge in [-0.2, -0.15) is 5.10 Å². The molecule has 0 saturated carbocycles. The third-order valence-corrected chi connectivity index (χ3v) is 4.64. The number of carbonyl (C=O) groups is 2. The fourth-order valence-corrected chi connectivity index (χ4v) is 3.03. The molecule has 170 valence electrons. The van der Waals surface area contributed by atoms with Crippen LogP contribution in [0.25, 0.3) is 0 Å². The van der Waals surface area contributed by atoms with Gasteiger partial charge in [-0.15, -0.1) is 0 Å². The average Bonchev–Trinajstić information content (AvgIpc) is 2.79. The molecule has 1 N–H and O–H groups in total. The molecule has 0 aromatic heterocycles. The number of methoxy groups -OCH3 is 1. The zero-order valence-corrected chi connectivity index (χ0v) is 18.7. The number of hydrogen-bond acceptors (Lipinski definition) is 6. The maximum absolute atomic E-state index is 13.3. The first kappa shape index (κ1) is 24.0. The van der Waals surface area contributed by atoms with Crippen LogP contribution in [0.15, 0.2) is 65.8 Å². The fourth-order valence-electron chi connectivity index (χ4n) is 2.57. The van der Waals surface area contributed by atoms with E-state index in [1.54, 1.807) is 24.3 Å². The number of hydrogen-bond donors (Lipinski definition) is 1. The van der Waals surface area contributed by atoms with Crippen molar-refractivity contribution in [1.82, 2.24) is 5.43 Å². The smallest absolute Gasteiger partial charge is 0.343 e. The van der Waals surface area contributed by atoms with E-state index in [4.69, 9.17) is 37.4 Å². The second-order valence-corrected chi connectivity index (χ2v) is 7.31. The minimum absolute atomic E-state index is 0.0625. The van der Waals surface area contributed by atoms with Crippen molar-refractivity contribution in [3.63, 3.8) is 0 Å². The molecule has 1 amide bonds. The molecular formula is C23H17Cl2FN2O5. The molecule has 0 unspecified atom stereocenters. The number of ether oxygens (including phenoxy) is 3. The van der Waals surface area contributed by atoms with E-state index in [1.165, 1.54) is 43.7 Å². The largest absolute Gasteiger partial charge is 0.493 e. The summed E-state index contributed by atoms with van der Waals surface area (Å²) in [5.41, 5.74) is 2.94. The number of amides is 1. The number of benzene rings is 3. The molecule has 0 saturated heterocycles. The highest BCUT2D eigenvalue weighted by atomic mass is 35.5. The second-order valence-electron chi connectivity index (χ2n) is 6.47. The van der Waals surface area contributed by atoms with E-state index in [0.29, 0.717) is 16.3 Å². The van der Waals surface area contributed by atoms with Crippen LogP contribution in [0.3, 0.4) is 0 Å². The van der Waals surface area contributed by atoms with Gasteiger partial charge in [0.1, 0.15) is 11.6 Å². The lowest BCUT2D eigenvalue weighted by atomic mass is 10.2. The number of carbonyl (C=O) groups excluding carboxylic acids is 2. The summed E-state index contributed by atoms with van der Waals surface area (Å²) in [4.78, 5) is 24.1. The van der Waals surface area contributed by atoms with E-state index in [9.17, 15) is 14.0 Å². The Balaban J connectivity index is 1.57. The Morgan fingerprint density at radius 2 is 1.82 bits per heavy atom. The molecule has 10 heteroatoms. The Bertz CT molecular complexity index is 1200. The predicted molar refractivity (Wildman–Crippen MR) is 122 cm³/mol. The van der Waals surface area contributed by atoms with Gasteiger partial charge in [0.15, 0.2) is 18.1 Å². The van der Waals surface area contributed by atoms with Crippen LogP contribution in [-0.4, -0.2) is 31.8 Å². The standard InChI is InChI=1S/C23H17Cl2FN2O5/c1-31-21-9-14(5-7-20(21)33-23(30)15-3-2-4-17(26)10-15)12-27-28-22(29)13-32-19-8-6-16(24)11-18(19)25/h2-12H,13H2,1H3,(H,28,29)/b27-12+. The highest BCUT2D eigenvalue weighted by Gasteiger charge is 2.13. The van der Waals surface area contributed by atoms with E-state index in [-0.39, 0.29) is 28.7 Å². The summed E-state index contributed by atoms with van der Waals surface area (Å²) in [5, 5.41) is 4.58. The van der Waals surface area contributed by atoms with Crippen molar-refractivity contribution >= 4 is 41.3 Å². The zero-order chi connectivity index (χ0) is 23.8. The van der Waals surface area contributed by atoms with Gasteiger partial charge in [0.2, 0.25) is 0 Å². The molecule has 33 heavy (non-hydrogen) atoms. The minimum atomic E-state index is -0.734. The number of hydrazone groups is 1. The van der Waals surface area contributed by atoms with Crippen LogP contribution < -0.4 is 19.6 Å². The highest BCUT2D eigenvalue weighted by molar-refractivity contribution is 6.35. The Kier molecular flexibility index (Phi) is 8.23. The molecule has 3 rings (SSSR count). The molecule has 0 atom stereocenters. The topological polar surface area (TPSA) is 86.2 Å². The number of nitrogens with one attached hydrogen (secondary N) is 1. The van der Waals surface area contributed by atoms with Gasteiger partial charge in [0.05, 0.1) is 23.9 Å². The van der Waals surface area contributed by atoms with Crippen LogP contribution in [0.2, 0.25) is 10.0 Å². The van der Waals surface area contributed by atoms with Gasteiger partial charge in [-0.3, -0.25) is 4.79 Å². The normalized spacial score (nSPS) is 10.7. The first-order valence-electron chi connectivity index (χ1n) is 9.41. The van der Waals surface area contributed by atoms with Crippen molar-refractivity contribution in [2.45, 2.75) is 0 Å². The fraction of sp³-hybridized carbons (Fsp3) is 0.0870. The van der Waals surface area contributed by atoms with E-state index < -0.39 is 17.7 Å². The Labute approximate surface area is 198 Å². The molecule has 0 spiro atoms. The molecule has 0 aliphatic rings. The lowest BCUT2D eigenvalue weighted by Gasteiger charge is -2.10. The van der Waals surface area contributed by atoms with Gasteiger partial charge in [-0.25, -0.2) is 14.6 Å². The van der Waals surface area contributed by atoms with Crippen molar-refractivity contribution in [2.24, 2.45) is 5.10 Å². The Hall–Kier alpha value is -3.62. The molecule has 3 aromatic rings. The second kappa shape index (κ2) is 11.3. The summed E-state index contributed by atoms with van der Waals surface area (Å²) in [6, 6.07) is 14.4. The van der Waals surface area contributed by atoms with E-state index >= 15 is 0 Å². The monoisotopic (exact) mass is 490 g/mol. The van der Waals surface area contributed by atoms with Crippen molar-refractivity contribution < 1.29 is 28.2 Å². The van der Waals surface area contributed by atoms with Crippen molar-refractivity contribution in [1.29, 1.82) is 0 Å². The van der Waals surface area contributed by atoms with E-state index in [2.05, 4.69) is 10.5 Å². The predicted octanol–water partition coefficient (Wildman–Crippen LogP) is 4.89. The molecule has 0 fully saturated rings. The number of rotatable bonds is 8. The number of esters is 1.